The van der Waals surface area contributed by atoms with E-state index in [9.17, 15) is 4.79 Å². The highest BCUT2D eigenvalue weighted by Gasteiger charge is 2.05. The van der Waals surface area contributed by atoms with Crippen molar-refractivity contribution in [1.82, 2.24) is 0 Å². The molecule has 2 aromatic rings. The molecule has 0 bridgehead atoms. The molecule has 0 aliphatic rings. The maximum absolute atomic E-state index is 12.0. The smallest absolute Gasteiger partial charge is 0.323 e. The van der Waals surface area contributed by atoms with E-state index >= 15 is 0 Å². The highest BCUT2D eigenvalue weighted by Crippen LogP contribution is 2.26. The van der Waals surface area contributed by atoms with Crippen LogP contribution in [-0.2, 0) is 0 Å². The first-order chi connectivity index (χ1) is 11.1. The Morgan fingerprint density at radius 3 is 1.96 bits per heavy atom. The number of carbonyl (C=O) groups is 1. The third-order valence-corrected chi connectivity index (χ3v) is 4.61. The minimum Gasteiger partial charge on any atom is -0.324 e. The van der Waals surface area contributed by atoms with Crippen LogP contribution in [0.2, 0.25) is 0 Å². The first-order valence-corrected chi connectivity index (χ1v) is 8.40. The third kappa shape index (κ3) is 5.50. The van der Waals surface area contributed by atoms with Crippen molar-refractivity contribution < 1.29 is 4.79 Å². The van der Waals surface area contributed by atoms with E-state index in [1.165, 1.54) is 4.90 Å². The first-order valence-electron chi connectivity index (χ1n) is 7.52. The quantitative estimate of drug-likeness (QED) is 0.357. The Labute approximate surface area is 141 Å². The van der Waals surface area contributed by atoms with E-state index < -0.39 is 0 Å². The molecule has 23 heavy (non-hydrogen) atoms. The summed E-state index contributed by atoms with van der Waals surface area (Å²) in [4.78, 5) is 13.2. The Morgan fingerprint density at radius 1 is 1.00 bits per heavy atom. The lowest BCUT2D eigenvalue weighted by atomic mass is 10.3. The monoisotopic (exact) mass is 330 g/mol. The van der Waals surface area contributed by atoms with Crippen LogP contribution in [0.1, 0.15) is 20.3 Å². The van der Waals surface area contributed by atoms with Gasteiger partial charge in [-0.15, -0.1) is 11.8 Å². The van der Waals surface area contributed by atoms with Crippen LogP contribution in [0, 0.1) is 0 Å². The maximum Gasteiger partial charge on any atom is 0.323 e. The Morgan fingerprint density at radius 2 is 1.48 bits per heavy atom. The van der Waals surface area contributed by atoms with Crippen LogP contribution in [0.5, 0.6) is 0 Å². The molecule has 0 fully saturated rings. The fraction of sp³-hybridized carbons (Fsp3) is 0.235. The van der Waals surface area contributed by atoms with Crippen molar-refractivity contribution in [3.8, 4) is 0 Å². The zero-order valence-corrected chi connectivity index (χ0v) is 14.1. The zero-order chi connectivity index (χ0) is 16.7. The van der Waals surface area contributed by atoms with Crippen molar-refractivity contribution in [3.63, 3.8) is 0 Å². The molecule has 0 aromatic heterocycles. The average molecular weight is 330 g/mol. The van der Waals surface area contributed by atoms with Gasteiger partial charge in [0.2, 0.25) is 0 Å². The predicted octanol–water partition coefficient (Wildman–Crippen LogP) is 4.51. The molecule has 0 spiro atoms. The molecule has 1 unspecified atom stereocenters. The summed E-state index contributed by atoms with van der Waals surface area (Å²) >= 11 is 1.83. The topological polar surface area (TPSA) is 79.2 Å². The number of hydrogen-bond acceptors (Lipinski definition) is 4. The van der Waals surface area contributed by atoms with Gasteiger partial charge in [-0.25, -0.2) is 4.79 Å². The fourth-order valence-corrected chi connectivity index (χ4v) is 2.80. The molecule has 6 heteroatoms. The molecule has 0 saturated carbocycles. The van der Waals surface area contributed by atoms with Crippen LogP contribution in [0.15, 0.2) is 53.4 Å². The number of hydrogen-bond donors (Lipinski definition) is 4. The van der Waals surface area contributed by atoms with Gasteiger partial charge < -0.3 is 16.1 Å². The number of carbonyl (C=O) groups excluding carboxylic acids is 1. The largest absolute Gasteiger partial charge is 0.324 e. The van der Waals surface area contributed by atoms with Crippen molar-refractivity contribution in [1.29, 1.82) is 0 Å². The van der Waals surface area contributed by atoms with Crippen molar-refractivity contribution in [2.75, 3.05) is 16.1 Å². The Kier molecular flexibility index (Phi) is 6.31. The zero-order valence-electron chi connectivity index (χ0n) is 13.3. The third-order valence-electron chi connectivity index (χ3n) is 3.33. The second kappa shape index (κ2) is 8.45. The van der Waals surface area contributed by atoms with E-state index in [1.54, 1.807) is 24.3 Å². The van der Waals surface area contributed by atoms with Gasteiger partial charge in [0, 0.05) is 27.2 Å². The molecule has 2 amide bonds. The molecule has 2 rings (SSSR count). The SMILES string of the molecule is CCC(C)Sc1ccc(NC(=O)Nc2ccc(NN)cc2)cc1. The number of nitrogens with one attached hydrogen (secondary N) is 3. The van der Waals surface area contributed by atoms with Crippen molar-refractivity contribution in [3.05, 3.63) is 48.5 Å². The summed E-state index contributed by atoms with van der Waals surface area (Å²) in [7, 11) is 0. The van der Waals surface area contributed by atoms with Gasteiger partial charge in [0.25, 0.3) is 0 Å². The number of nitrogens with two attached hydrogens (primary N) is 1. The van der Waals surface area contributed by atoms with Gasteiger partial charge in [-0.1, -0.05) is 13.8 Å². The number of amides is 2. The molecule has 5 N–H and O–H groups in total. The lowest BCUT2D eigenvalue weighted by molar-refractivity contribution is 0.262. The Hall–Kier alpha value is -2.18. The number of hydrazine groups is 1. The molecular formula is C17H22N4OS. The summed E-state index contributed by atoms with van der Waals surface area (Å²) in [6.07, 6.45) is 1.13. The van der Waals surface area contributed by atoms with Crippen molar-refractivity contribution >= 4 is 34.9 Å². The van der Waals surface area contributed by atoms with E-state index in [2.05, 4.69) is 29.9 Å². The second-order valence-corrected chi connectivity index (χ2v) is 6.67. The second-order valence-electron chi connectivity index (χ2n) is 5.16. The summed E-state index contributed by atoms with van der Waals surface area (Å²) in [6, 6.07) is 14.7. The maximum atomic E-state index is 12.0. The normalized spacial score (nSPS) is 11.6. The number of thioether (sulfide) groups is 1. The van der Waals surface area contributed by atoms with Gasteiger partial charge >= 0.3 is 6.03 Å². The van der Waals surface area contributed by atoms with Gasteiger partial charge in [0.15, 0.2) is 0 Å². The average Bonchev–Trinajstić information content (AvgIpc) is 2.57. The summed E-state index contributed by atoms with van der Waals surface area (Å²) < 4.78 is 0. The molecule has 1 atom stereocenters. The predicted molar refractivity (Wildman–Crippen MR) is 98.9 cm³/mol. The van der Waals surface area contributed by atoms with Crippen LogP contribution < -0.4 is 21.9 Å². The van der Waals surface area contributed by atoms with Gasteiger partial charge in [0.05, 0.1) is 0 Å². The molecule has 5 nitrogen and oxygen atoms in total. The molecule has 0 heterocycles. The summed E-state index contributed by atoms with van der Waals surface area (Å²) in [5, 5.41) is 6.17. The molecule has 0 radical (unpaired) electrons. The molecule has 2 aromatic carbocycles. The minimum atomic E-state index is -0.277. The van der Waals surface area contributed by atoms with Crippen LogP contribution in [0.25, 0.3) is 0 Å². The Balaban J connectivity index is 1.89. The summed E-state index contributed by atoms with van der Waals surface area (Å²) in [6.45, 7) is 4.38. The van der Waals surface area contributed by atoms with E-state index in [-0.39, 0.29) is 6.03 Å². The molecule has 0 aliphatic carbocycles. The standard InChI is InChI=1S/C17H22N4OS/c1-3-12(2)23-16-10-8-14(9-11-16)20-17(22)19-13-4-6-15(21-18)7-5-13/h4-12,21H,3,18H2,1-2H3,(H2,19,20,22). The van der Waals surface area contributed by atoms with Crippen molar-refractivity contribution in [2.45, 2.75) is 30.4 Å². The van der Waals surface area contributed by atoms with E-state index in [4.69, 9.17) is 5.84 Å². The molecule has 0 aliphatic heterocycles. The van der Waals surface area contributed by atoms with Crippen molar-refractivity contribution in [2.24, 2.45) is 5.84 Å². The lowest BCUT2D eigenvalue weighted by Crippen LogP contribution is -2.19. The van der Waals surface area contributed by atoms with Gasteiger partial charge in [-0.2, -0.15) is 0 Å². The highest BCUT2D eigenvalue weighted by atomic mass is 32.2. The van der Waals surface area contributed by atoms with Gasteiger partial charge in [0.1, 0.15) is 0 Å². The summed E-state index contributed by atoms with van der Waals surface area (Å²) in [5.74, 6) is 5.30. The van der Waals surface area contributed by atoms with E-state index in [0.717, 1.165) is 17.8 Å². The minimum absolute atomic E-state index is 0.277. The van der Waals surface area contributed by atoms with E-state index in [0.29, 0.717) is 10.9 Å². The molecule has 122 valence electrons. The molecular weight excluding hydrogens is 308 g/mol. The number of nitrogen functional groups attached to an aromatic ring is 1. The number of anilines is 3. The van der Waals surface area contributed by atoms with Crippen LogP contribution in [-0.4, -0.2) is 11.3 Å². The molecule has 0 saturated heterocycles. The highest BCUT2D eigenvalue weighted by molar-refractivity contribution is 7.99. The first kappa shape index (κ1) is 17.2. The number of benzene rings is 2. The van der Waals surface area contributed by atoms with Gasteiger partial charge in [-0.3, -0.25) is 5.84 Å². The van der Waals surface area contributed by atoms with E-state index in [1.807, 2.05) is 36.0 Å². The lowest BCUT2D eigenvalue weighted by Gasteiger charge is -2.10. The van der Waals surface area contributed by atoms with Crippen LogP contribution >= 0.6 is 11.8 Å². The Bertz CT molecular complexity index is 628. The number of urea groups is 1. The number of rotatable bonds is 6. The van der Waals surface area contributed by atoms with Crippen LogP contribution in [0.4, 0.5) is 21.9 Å². The summed E-state index contributed by atoms with van der Waals surface area (Å²) in [5.41, 5.74) is 4.78. The van der Waals surface area contributed by atoms with Gasteiger partial charge in [-0.05, 0) is 55.0 Å². The fourth-order valence-electron chi connectivity index (χ4n) is 1.88. The van der Waals surface area contributed by atoms with Crippen LogP contribution in [0.3, 0.4) is 0 Å².